The van der Waals surface area contributed by atoms with E-state index in [1.54, 1.807) is 36.6 Å². The van der Waals surface area contributed by atoms with E-state index >= 15 is 0 Å². The Morgan fingerprint density at radius 2 is 2.26 bits per heavy atom. The van der Waals surface area contributed by atoms with Crippen molar-refractivity contribution in [1.82, 2.24) is 4.98 Å². The number of thiophene rings is 1. The number of nitrogens with one attached hydrogen (secondary N) is 1. The van der Waals surface area contributed by atoms with E-state index in [1.807, 2.05) is 0 Å². The molecule has 0 aliphatic rings. The van der Waals surface area contributed by atoms with Crippen molar-refractivity contribution >= 4 is 23.1 Å². The monoisotopic (exact) mass is 276 g/mol. The maximum atomic E-state index is 11.8. The molecule has 0 bridgehead atoms. The summed E-state index contributed by atoms with van der Waals surface area (Å²) in [5.74, 6) is 0.215. The van der Waals surface area contributed by atoms with Gasteiger partial charge in [0.2, 0.25) is 0 Å². The van der Waals surface area contributed by atoms with Crippen LogP contribution in [0.3, 0.4) is 0 Å². The first kappa shape index (κ1) is 13.5. The lowest BCUT2D eigenvalue weighted by Crippen LogP contribution is -2.10. The van der Waals surface area contributed by atoms with Gasteiger partial charge in [-0.2, -0.15) is 0 Å². The van der Waals surface area contributed by atoms with Crippen LogP contribution in [-0.2, 0) is 11.3 Å². The number of ether oxygens (including phenoxy) is 1. The molecule has 0 fully saturated rings. The lowest BCUT2D eigenvalue weighted by molar-refractivity contribution is 0.0527. The Hall–Kier alpha value is -1.88. The average Bonchev–Trinajstić information content (AvgIpc) is 2.83. The van der Waals surface area contributed by atoms with Crippen molar-refractivity contribution in [3.05, 3.63) is 45.8 Å². The molecule has 0 amide bonds. The van der Waals surface area contributed by atoms with Gasteiger partial charge in [-0.1, -0.05) is 0 Å². The van der Waals surface area contributed by atoms with Gasteiger partial charge in [0.15, 0.2) is 0 Å². The second-order valence-corrected chi connectivity index (χ2v) is 5.36. The van der Waals surface area contributed by atoms with Crippen molar-refractivity contribution in [2.24, 2.45) is 0 Å². The molecular weight excluding hydrogens is 260 g/mol. The van der Waals surface area contributed by atoms with E-state index in [1.165, 1.54) is 9.75 Å². The van der Waals surface area contributed by atoms with Crippen molar-refractivity contribution < 1.29 is 9.53 Å². The van der Waals surface area contributed by atoms with E-state index in [0.717, 1.165) is 0 Å². The Kier molecular flexibility index (Phi) is 4.52. The van der Waals surface area contributed by atoms with Crippen LogP contribution in [-0.4, -0.2) is 17.6 Å². The second kappa shape index (κ2) is 6.33. The third kappa shape index (κ3) is 3.54. The van der Waals surface area contributed by atoms with E-state index in [0.29, 0.717) is 24.5 Å². The zero-order valence-electron chi connectivity index (χ0n) is 11.0. The molecule has 2 aromatic heterocycles. The predicted octanol–water partition coefficient (Wildman–Crippen LogP) is 3.24. The number of anilines is 1. The van der Waals surface area contributed by atoms with Gasteiger partial charge in [-0.3, -0.25) is 0 Å². The summed E-state index contributed by atoms with van der Waals surface area (Å²) in [5.41, 5.74) is 0.470. The van der Waals surface area contributed by atoms with Gasteiger partial charge in [0.25, 0.3) is 0 Å². The van der Waals surface area contributed by atoms with Crippen LogP contribution in [0.5, 0.6) is 0 Å². The minimum absolute atomic E-state index is 0.347. The van der Waals surface area contributed by atoms with Crippen LogP contribution in [0.1, 0.15) is 27.0 Å². The van der Waals surface area contributed by atoms with E-state index in [4.69, 9.17) is 4.74 Å². The molecule has 2 rings (SSSR count). The van der Waals surface area contributed by atoms with Crippen molar-refractivity contribution in [2.75, 3.05) is 11.9 Å². The molecule has 4 nitrogen and oxygen atoms in total. The second-order valence-electron chi connectivity index (χ2n) is 3.99. The Labute approximate surface area is 116 Å². The summed E-state index contributed by atoms with van der Waals surface area (Å²) in [5, 5.41) is 3.18. The average molecular weight is 276 g/mol. The Morgan fingerprint density at radius 3 is 2.95 bits per heavy atom. The fraction of sp³-hybridized carbons (Fsp3) is 0.286. The number of aromatic nitrogens is 1. The fourth-order valence-corrected chi connectivity index (χ4v) is 2.50. The molecular formula is C14H16N2O2S. The molecule has 100 valence electrons. The summed E-state index contributed by atoms with van der Waals surface area (Å²) in [6.45, 7) is 4.87. The topological polar surface area (TPSA) is 51.2 Å². The molecule has 1 N–H and O–H groups in total. The van der Waals surface area contributed by atoms with E-state index in [-0.39, 0.29) is 5.97 Å². The SMILES string of the molecule is CCOC(=O)c1cccnc1NCc1ccc(C)s1. The van der Waals surface area contributed by atoms with Gasteiger partial charge < -0.3 is 10.1 Å². The quantitative estimate of drug-likeness (QED) is 0.852. The van der Waals surface area contributed by atoms with Crippen LogP contribution >= 0.6 is 11.3 Å². The number of rotatable bonds is 5. The summed E-state index contributed by atoms with van der Waals surface area (Å²) >= 11 is 1.73. The van der Waals surface area contributed by atoms with Gasteiger partial charge in [0.1, 0.15) is 11.4 Å². The highest BCUT2D eigenvalue weighted by Gasteiger charge is 2.12. The maximum absolute atomic E-state index is 11.8. The number of carbonyl (C=O) groups is 1. The molecule has 0 aromatic carbocycles. The maximum Gasteiger partial charge on any atom is 0.341 e. The van der Waals surface area contributed by atoms with Crippen molar-refractivity contribution in [2.45, 2.75) is 20.4 Å². The zero-order valence-corrected chi connectivity index (χ0v) is 11.8. The molecule has 5 heteroatoms. The summed E-state index contributed by atoms with van der Waals surface area (Å²) in [4.78, 5) is 18.5. The normalized spacial score (nSPS) is 10.2. The number of carbonyl (C=O) groups excluding carboxylic acids is 1. The molecule has 0 saturated carbocycles. The van der Waals surface area contributed by atoms with Crippen LogP contribution in [0.15, 0.2) is 30.5 Å². The van der Waals surface area contributed by atoms with Crippen LogP contribution in [0, 0.1) is 6.92 Å². The largest absolute Gasteiger partial charge is 0.462 e. The standard InChI is InChI=1S/C14H16N2O2S/c1-3-18-14(17)12-5-4-8-15-13(12)16-9-11-7-6-10(2)19-11/h4-8H,3,9H2,1-2H3,(H,15,16). The summed E-state index contributed by atoms with van der Waals surface area (Å²) in [7, 11) is 0. The molecule has 0 saturated heterocycles. The van der Waals surface area contributed by atoms with E-state index in [2.05, 4.69) is 29.4 Å². The zero-order chi connectivity index (χ0) is 13.7. The van der Waals surface area contributed by atoms with Crippen LogP contribution in [0.2, 0.25) is 0 Å². The number of hydrogen-bond acceptors (Lipinski definition) is 5. The van der Waals surface area contributed by atoms with E-state index < -0.39 is 0 Å². The minimum Gasteiger partial charge on any atom is -0.462 e. The smallest absolute Gasteiger partial charge is 0.341 e. The van der Waals surface area contributed by atoms with Crippen molar-refractivity contribution in [3.8, 4) is 0 Å². The van der Waals surface area contributed by atoms with Gasteiger partial charge >= 0.3 is 5.97 Å². The van der Waals surface area contributed by atoms with Crippen molar-refractivity contribution in [3.63, 3.8) is 0 Å². The summed E-state index contributed by atoms with van der Waals surface area (Å²) in [6, 6.07) is 7.59. The third-order valence-corrected chi connectivity index (χ3v) is 3.53. The van der Waals surface area contributed by atoms with Crippen molar-refractivity contribution in [1.29, 1.82) is 0 Å². The van der Waals surface area contributed by atoms with Crippen LogP contribution < -0.4 is 5.32 Å². The molecule has 2 aromatic rings. The summed E-state index contributed by atoms with van der Waals surface area (Å²) < 4.78 is 5.01. The molecule has 0 spiro atoms. The first-order valence-corrected chi connectivity index (χ1v) is 6.93. The highest BCUT2D eigenvalue weighted by Crippen LogP contribution is 2.18. The first-order chi connectivity index (χ1) is 9.20. The molecule has 0 atom stereocenters. The molecule has 0 unspecified atom stereocenters. The molecule has 0 radical (unpaired) electrons. The fourth-order valence-electron chi connectivity index (χ4n) is 1.67. The Morgan fingerprint density at radius 1 is 1.42 bits per heavy atom. The lowest BCUT2D eigenvalue weighted by atomic mass is 10.2. The first-order valence-electron chi connectivity index (χ1n) is 6.12. The lowest BCUT2D eigenvalue weighted by Gasteiger charge is -2.09. The number of nitrogens with zero attached hydrogens (tertiary/aromatic N) is 1. The number of aryl methyl sites for hydroxylation is 1. The number of esters is 1. The molecule has 2 heterocycles. The highest BCUT2D eigenvalue weighted by molar-refractivity contribution is 7.11. The predicted molar refractivity (Wildman–Crippen MR) is 76.6 cm³/mol. The van der Waals surface area contributed by atoms with Crippen LogP contribution in [0.25, 0.3) is 0 Å². The number of hydrogen-bond donors (Lipinski definition) is 1. The summed E-state index contributed by atoms with van der Waals surface area (Å²) in [6.07, 6.45) is 1.66. The molecule has 0 aliphatic heterocycles. The highest BCUT2D eigenvalue weighted by atomic mass is 32.1. The van der Waals surface area contributed by atoms with Crippen LogP contribution in [0.4, 0.5) is 5.82 Å². The van der Waals surface area contributed by atoms with Gasteiger partial charge in [-0.05, 0) is 38.1 Å². The van der Waals surface area contributed by atoms with Gasteiger partial charge in [0, 0.05) is 16.0 Å². The van der Waals surface area contributed by atoms with Gasteiger partial charge in [0.05, 0.1) is 13.2 Å². The third-order valence-electron chi connectivity index (χ3n) is 2.53. The minimum atomic E-state index is -0.347. The Bertz CT molecular complexity index is 566. The number of pyridine rings is 1. The molecule has 19 heavy (non-hydrogen) atoms. The van der Waals surface area contributed by atoms with Gasteiger partial charge in [-0.15, -0.1) is 11.3 Å². The van der Waals surface area contributed by atoms with Gasteiger partial charge in [-0.25, -0.2) is 9.78 Å². The Balaban J connectivity index is 2.09. The molecule has 0 aliphatic carbocycles. The van der Waals surface area contributed by atoms with E-state index in [9.17, 15) is 4.79 Å².